The van der Waals surface area contributed by atoms with Crippen LogP contribution in [0.1, 0.15) is 10.4 Å². The highest BCUT2D eigenvalue weighted by Gasteiger charge is 2.21. The molecule has 0 aliphatic carbocycles. The molecule has 0 radical (unpaired) electrons. The highest BCUT2D eigenvalue weighted by atomic mass is 32.2. The fourth-order valence-electron chi connectivity index (χ4n) is 2.94. The molecule has 0 saturated carbocycles. The zero-order chi connectivity index (χ0) is 22.0. The van der Waals surface area contributed by atoms with E-state index in [2.05, 4.69) is 10.0 Å². The highest BCUT2D eigenvalue weighted by Crippen LogP contribution is 2.33. The molecule has 1 amide bonds. The van der Waals surface area contributed by atoms with E-state index in [0.717, 1.165) is 6.07 Å². The van der Waals surface area contributed by atoms with Gasteiger partial charge in [0, 0.05) is 11.8 Å². The maximum atomic E-state index is 13.5. The number of sulfonamides is 1. The summed E-state index contributed by atoms with van der Waals surface area (Å²) >= 11 is 0. The van der Waals surface area contributed by atoms with Gasteiger partial charge in [0.25, 0.3) is 15.9 Å². The van der Waals surface area contributed by atoms with Crippen molar-refractivity contribution in [3.63, 3.8) is 0 Å². The van der Waals surface area contributed by atoms with Crippen molar-refractivity contribution in [2.45, 2.75) is 4.90 Å². The monoisotopic (exact) mass is 446 g/mol. The Morgan fingerprint density at radius 3 is 2.39 bits per heavy atom. The molecule has 1 aliphatic rings. The number of para-hydroxylation sites is 1. The maximum absolute atomic E-state index is 13.5. The first kappa shape index (κ1) is 20.6. The van der Waals surface area contributed by atoms with Crippen LogP contribution in [0.4, 0.5) is 20.2 Å². The van der Waals surface area contributed by atoms with E-state index < -0.39 is 32.5 Å². The molecule has 0 aromatic heterocycles. The van der Waals surface area contributed by atoms with Crippen LogP contribution in [-0.4, -0.2) is 27.5 Å². The second-order valence-electron chi connectivity index (χ2n) is 6.54. The lowest BCUT2D eigenvalue weighted by atomic mass is 10.1. The van der Waals surface area contributed by atoms with Gasteiger partial charge < -0.3 is 14.8 Å². The number of anilines is 2. The molecule has 10 heteroatoms. The molecule has 3 aromatic rings. The zero-order valence-corrected chi connectivity index (χ0v) is 16.7. The molecule has 2 N–H and O–H groups in total. The van der Waals surface area contributed by atoms with E-state index in [1.165, 1.54) is 18.2 Å². The summed E-state index contributed by atoms with van der Waals surface area (Å²) in [6, 6.07) is 13.0. The number of nitrogens with one attached hydrogen (secondary N) is 2. The average Bonchev–Trinajstić information content (AvgIpc) is 2.75. The summed E-state index contributed by atoms with van der Waals surface area (Å²) in [4.78, 5) is 12.3. The number of amides is 1. The first-order valence-electron chi connectivity index (χ1n) is 9.11. The number of fused-ring (bicyclic) bond motifs is 1. The molecule has 0 saturated heterocycles. The molecule has 1 heterocycles. The van der Waals surface area contributed by atoms with Crippen molar-refractivity contribution in [3.8, 4) is 11.5 Å². The molecule has 0 unspecified atom stereocenters. The topological polar surface area (TPSA) is 93.7 Å². The number of carbonyl (C=O) groups excluding carboxylic acids is 1. The van der Waals surface area contributed by atoms with Gasteiger partial charge in [-0.05, 0) is 42.5 Å². The van der Waals surface area contributed by atoms with E-state index in [4.69, 9.17) is 9.47 Å². The first-order valence-corrected chi connectivity index (χ1v) is 10.6. The van der Waals surface area contributed by atoms with E-state index in [-0.39, 0.29) is 11.3 Å². The third-order valence-corrected chi connectivity index (χ3v) is 5.78. The van der Waals surface area contributed by atoms with Crippen LogP contribution in [0, 0.1) is 11.6 Å². The quantitative estimate of drug-likeness (QED) is 0.622. The molecular weight excluding hydrogens is 430 g/mol. The normalized spacial score (nSPS) is 12.8. The molecule has 4 rings (SSSR count). The third kappa shape index (κ3) is 4.43. The van der Waals surface area contributed by atoms with Crippen molar-refractivity contribution in [3.05, 3.63) is 77.9 Å². The van der Waals surface area contributed by atoms with Crippen LogP contribution in [0.25, 0.3) is 0 Å². The minimum Gasteiger partial charge on any atom is -0.486 e. The highest BCUT2D eigenvalue weighted by molar-refractivity contribution is 7.92. The van der Waals surface area contributed by atoms with Crippen molar-refractivity contribution in [2.75, 3.05) is 23.3 Å². The molecule has 0 bridgehead atoms. The zero-order valence-electron chi connectivity index (χ0n) is 15.9. The molecule has 31 heavy (non-hydrogen) atoms. The summed E-state index contributed by atoms with van der Waals surface area (Å²) < 4.78 is 65.0. The average molecular weight is 446 g/mol. The lowest BCUT2D eigenvalue weighted by Crippen LogP contribution is -2.19. The maximum Gasteiger partial charge on any atom is 0.262 e. The van der Waals surface area contributed by atoms with Gasteiger partial charge in [-0.15, -0.1) is 0 Å². The largest absolute Gasteiger partial charge is 0.486 e. The van der Waals surface area contributed by atoms with Crippen LogP contribution >= 0.6 is 0 Å². The number of hydrogen-bond donors (Lipinski definition) is 2. The Labute approximate surface area is 176 Å². The van der Waals surface area contributed by atoms with Crippen molar-refractivity contribution in [2.24, 2.45) is 0 Å². The smallest absolute Gasteiger partial charge is 0.262 e. The fraction of sp³-hybridized carbons (Fsp3) is 0.0952. The van der Waals surface area contributed by atoms with Crippen molar-refractivity contribution < 1.29 is 31.5 Å². The van der Waals surface area contributed by atoms with E-state index in [9.17, 15) is 22.0 Å². The molecule has 160 valence electrons. The van der Waals surface area contributed by atoms with Crippen molar-refractivity contribution in [1.82, 2.24) is 0 Å². The Kier molecular flexibility index (Phi) is 5.47. The predicted octanol–water partition coefficient (Wildman–Crippen LogP) is 3.79. The molecule has 7 nitrogen and oxygen atoms in total. The molecule has 3 aromatic carbocycles. The van der Waals surface area contributed by atoms with Gasteiger partial charge in [-0.2, -0.15) is 0 Å². The second kappa shape index (κ2) is 8.23. The number of carbonyl (C=O) groups is 1. The van der Waals surface area contributed by atoms with Crippen LogP contribution in [0.5, 0.6) is 11.5 Å². The molecule has 0 spiro atoms. The van der Waals surface area contributed by atoms with Crippen LogP contribution in [-0.2, 0) is 10.0 Å². The summed E-state index contributed by atoms with van der Waals surface area (Å²) in [5.41, 5.74) is 0.429. The second-order valence-corrected chi connectivity index (χ2v) is 8.22. The SMILES string of the molecule is O=C(Nc1ccc2c(c1)OCCO2)c1ccccc1NS(=O)(=O)c1ccc(F)c(F)c1. The molecule has 1 aliphatic heterocycles. The van der Waals surface area contributed by atoms with Crippen molar-refractivity contribution >= 4 is 27.3 Å². The lowest BCUT2D eigenvalue weighted by molar-refractivity contribution is 0.102. The van der Waals surface area contributed by atoms with Gasteiger partial charge in [0.1, 0.15) is 13.2 Å². The van der Waals surface area contributed by atoms with Gasteiger partial charge in [0.2, 0.25) is 0 Å². The van der Waals surface area contributed by atoms with E-state index in [1.54, 1.807) is 24.3 Å². The van der Waals surface area contributed by atoms with Gasteiger partial charge in [0.15, 0.2) is 23.1 Å². The Morgan fingerprint density at radius 2 is 1.61 bits per heavy atom. The van der Waals surface area contributed by atoms with Gasteiger partial charge in [-0.1, -0.05) is 12.1 Å². The summed E-state index contributed by atoms with van der Waals surface area (Å²) in [5, 5.41) is 2.67. The first-order chi connectivity index (χ1) is 14.8. The summed E-state index contributed by atoms with van der Waals surface area (Å²) in [5.74, 6) is -2.01. The summed E-state index contributed by atoms with van der Waals surface area (Å²) in [7, 11) is -4.27. The van der Waals surface area contributed by atoms with Crippen LogP contribution in [0.3, 0.4) is 0 Å². The molecule has 0 fully saturated rings. The summed E-state index contributed by atoms with van der Waals surface area (Å²) in [6.07, 6.45) is 0. The van der Waals surface area contributed by atoms with Gasteiger partial charge in [-0.25, -0.2) is 17.2 Å². The van der Waals surface area contributed by atoms with Gasteiger partial charge in [-0.3, -0.25) is 9.52 Å². The molecular formula is C21H16F2N2O5S. The van der Waals surface area contributed by atoms with E-state index in [0.29, 0.717) is 42.5 Å². The predicted molar refractivity (Wildman–Crippen MR) is 109 cm³/mol. The minimum absolute atomic E-state index is 0.0257. The Balaban J connectivity index is 1.58. The Bertz CT molecular complexity index is 1260. The van der Waals surface area contributed by atoms with Gasteiger partial charge >= 0.3 is 0 Å². The number of hydrogen-bond acceptors (Lipinski definition) is 5. The number of rotatable bonds is 5. The van der Waals surface area contributed by atoms with Crippen LogP contribution in [0.15, 0.2) is 65.6 Å². The Hall–Kier alpha value is -3.66. The number of ether oxygens (including phenoxy) is 2. The third-order valence-electron chi connectivity index (χ3n) is 4.42. The fourth-order valence-corrected chi connectivity index (χ4v) is 4.03. The van der Waals surface area contributed by atoms with Crippen molar-refractivity contribution in [1.29, 1.82) is 0 Å². The number of benzene rings is 3. The standard InChI is InChI=1S/C21H16F2N2O5S/c22-16-7-6-14(12-17(16)23)31(27,28)25-18-4-2-1-3-15(18)21(26)24-13-5-8-19-20(11-13)30-10-9-29-19/h1-8,11-12,25H,9-10H2,(H,24,26). The Morgan fingerprint density at radius 1 is 0.871 bits per heavy atom. The lowest BCUT2D eigenvalue weighted by Gasteiger charge is -2.19. The van der Waals surface area contributed by atoms with Crippen LogP contribution in [0.2, 0.25) is 0 Å². The number of halogens is 2. The van der Waals surface area contributed by atoms with E-state index >= 15 is 0 Å². The van der Waals surface area contributed by atoms with E-state index in [1.807, 2.05) is 0 Å². The minimum atomic E-state index is -4.27. The van der Waals surface area contributed by atoms with Gasteiger partial charge in [0.05, 0.1) is 16.1 Å². The van der Waals surface area contributed by atoms with Crippen LogP contribution < -0.4 is 19.5 Å². The summed E-state index contributed by atoms with van der Waals surface area (Å²) in [6.45, 7) is 0.823. The molecule has 0 atom stereocenters.